The molecule has 1 saturated heterocycles. The number of para-hydroxylation sites is 1. The topological polar surface area (TPSA) is 104 Å². The summed E-state index contributed by atoms with van der Waals surface area (Å²) in [5.74, 6) is 0.697. The van der Waals surface area contributed by atoms with Crippen LogP contribution in [0.2, 0.25) is 0 Å². The normalized spacial score (nSPS) is 17.4. The van der Waals surface area contributed by atoms with Gasteiger partial charge in [-0.05, 0) is 55.9 Å². The Morgan fingerprint density at radius 1 is 1.15 bits per heavy atom. The first-order valence-corrected chi connectivity index (χ1v) is 12.9. The number of halogens is 1. The van der Waals surface area contributed by atoms with E-state index in [9.17, 15) is 4.79 Å². The molecule has 2 N–H and O–H groups in total. The molecule has 1 saturated carbocycles. The molecular weight excluding hydrogens is 497 g/mol. The number of anilines is 1. The third-order valence-electron chi connectivity index (χ3n) is 7.11. The van der Waals surface area contributed by atoms with Gasteiger partial charge in [0.15, 0.2) is 5.65 Å². The molecule has 4 aromatic rings. The van der Waals surface area contributed by atoms with Gasteiger partial charge in [0, 0.05) is 18.2 Å². The van der Waals surface area contributed by atoms with Crippen molar-refractivity contribution in [2.45, 2.75) is 38.3 Å². The Balaban J connectivity index is 1.32. The third kappa shape index (κ3) is 4.91. The number of hydrogen-bond acceptors (Lipinski definition) is 6. The molecule has 0 spiro atoms. The molecule has 1 amide bonds. The molecule has 1 aliphatic heterocycles. The Bertz CT molecular complexity index is 1620. The van der Waals surface area contributed by atoms with Crippen molar-refractivity contribution >= 4 is 22.8 Å². The van der Waals surface area contributed by atoms with Crippen molar-refractivity contribution in [2.75, 3.05) is 12.3 Å². The first-order valence-electron chi connectivity index (χ1n) is 12.9. The second-order valence-corrected chi connectivity index (χ2v) is 9.84. The molecule has 0 radical (unpaired) electrons. The predicted molar refractivity (Wildman–Crippen MR) is 144 cm³/mol. The quantitative estimate of drug-likeness (QED) is 0.263. The van der Waals surface area contributed by atoms with Crippen molar-refractivity contribution in [3.05, 3.63) is 83.9 Å². The van der Waals surface area contributed by atoms with Crippen LogP contribution in [0.1, 0.15) is 25.7 Å². The SMILES string of the molecule is [C-]#[N+]/C(=C/C1CC1)C(=O)N1CCC[C@@H]1Cn1nc(-c2ccc(Oc3ccccc3)cc2F)c2c(N)ncnc21. The van der Waals surface area contributed by atoms with E-state index in [0.717, 1.165) is 25.7 Å². The van der Waals surface area contributed by atoms with Gasteiger partial charge < -0.3 is 15.4 Å². The number of nitrogens with two attached hydrogens (primary N) is 1. The highest BCUT2D eigenvalue weighted by Crippen LogP contribution is 2.35. The Morgan fingerprint density at radius 3 is 2.72 bits per heavy atom. The van der Waals surface area contributed by atoms with Crippen LogP contribution in [0, 0.1) is 18.3 Å². The largest absolute Gasteiger partial charge is 0.457 e. The van der Waals surface area contributed by atoms with Crippen molar-refractivity contribution in [1.29, 1.82) is 0 Å². The van der Waals surface area contributed by atoms with Gasteiger partial charge in [-0.25, -0.2) is 23.9 Å². The predicted octanol–water partition coefficient (Wildman–Crippen LogP) is 5.21. The molecular formula is C29H26FN7O2. The minimum Gasteiger partial charge on any atom is -0.457 e. The monoisotopic (exact) mass is 523 g/mol. The molecule has 39 heavy (non-hydrogen) atoms. The zero-order chi connectivity index (χ0) is 26.9. The lowest BCUT2D eigenvalue weighted by Gasteiger charge is -2.24. The highest BCUT2D eigenvalue weighted by molar-refractivity contribution is 5.98. The van der Waals surface area contributed by atoms with Gasteiger partial charge in [-0.15, -0.1) is 0 Å². The summed E-state index contributed by atoms with van der Waals surface area (Å²) in [6, 6.07) is 13.5. The fourth-order valence-corrected chi connectivity index (χ4v) is 5.00. The van der Waals surface area contributed by atoms with E-state index in [0.29, 0.717) is 47.2 Å². The third-order valence-corrected chi connectivity index (χ3v) is 7.11. The van der Waals surface area contributed by atoms with Crippen molar-refractivity contribution in [3.8, 4) is 22.8 Å². The summed E-state index contributed by atoms with van der Waals surface area (Å²) in [4.78, 5) is 27.0. The van der Waals surface area contributed by atoms with Crippen LogP contribution in [-0.4, -0.2) is 43.1 Å². The number of ether oxygens (including phenoxy) is 1. The number of hydrogen-bond donors (Lipinski definition) is 1. The van der Waals surface area contributed by atoms with Gasteiger partial charge in [-0.2, -0.15) is 5.10 Å². The van der Waals surface area contributed by atoms with Gasteiger partial charge in [-0.3, -0.25) is 4.79 Å². The van der Waals surface area contributed by atoms with Gasteiger partial charge in [0.1, 0.15) is 35.2 Å². The molecule has 2 fully saturated rings. The number of allylic oxidation sites excluding steroid dienone is 1. The first kappa shape index (κ1) is 24.6. The number of benzene rings is 2. The molecule has 0 bridgehead atoms. The van der Waals surface area contributed by atoms with Crippen molar-refractivity contribution in [2.24, 2.45) is 5.92 Å². The number of rotatable bonds is 7. The van der Waals surface area contributed by atoms with E-state index in [-0.39, 0.29) is 29.0 Å². The maximum Gasteiger partial charge on any atom is 0.252 e. The van der Waals surface area contributed by atoms with Crippen LogP contribution in [0.25, 0.3) is 27.1 Å². The molecule has 10 heteroatoms. The maximum absolute atomic E-state index is 15.4. The van der Waals surface area contributed by atoms with Gasteiger partial charge >= 0.3 is 0 Å². The minimum absolute atomic E-state index is 0.180. The Morgan fingerprint density at radius 2 is 1.97 bits per heavy atom. The van der Waals surface area contributed by atoms with Crippen LogP contribution in [0.3, 0.4) is 0 Å². The molecule has 196 valence electrons. The van der Waals surface area contributed by atoms with Crippen molar-refractivity contribution in [1.82, 2.24) is 24.6 Å². The summed E-state index contributed by atoms with van der Waals surface area (Å²) < 4.78 is 22.8. The van der Waals surface area contributed by atoms with E-state index in [1.54, 1.807) is 39.9 Å². The average molecular weight is 524 g/mol. The van der Waals surface area contributed by atoms with Crippen molar-refractivity contribution in [3.63, 3.8) is 0 Å². The van der Waals surface area contributed by atoms with Crippen molar-refractivity contribution < 1.29 is 13.9 Å². The molecule has 6 rings (SSSR count). The summed E-state index contributed by atoms with van der Waals surface area (Å²) in [6.07, 6.45) is 6.78. The van der Waals surface area contributed by atoms with Gasteiger partial charge in [-0.1, -0.05) is 24.3 Å². The van der Waals surface area contributed by atoms with Crippen LogP contribution in [-0.2, 0) is 11.3 Å². The van der Waals surface area contributed by atoms with E-state index in [1.165, 1.54) is 12.4 Å². The molecule has 1 aliphatic carbocycles. The molecule has 0 unspecified atom stereocenters. The summed E-state index contributed by atoms with van der Waals surface area (Å²) in [5.41, 5.74) is 7.42. The number of nitrogens with zero attached hydrogens (tertiary/aromatic N) is 6. The van der Waals surface area contributed by atoms with Crippen LogP contribution < -0.4 is 10.5 Å². The molecule has 1 atom stereocenters. The van der Waals surface area contributed by atoms with Crippen LogP contribution in [0.4, 0.5) is 10.2 Å². The number of fused-ring (bicyclic) bond motifs is 1. The Hall–Kier alpha value is -4.78. The van der Waals surface area contributed by atoms with Crippen LogP contribution in [0.5, 0.6) is 11.5 Å². The lowest BCUT2D eigenvalue weighted by molar-refractivity contribution is -0.127. The second-order valence-electron chi connectivity index (χ2n) is 9.84. The Kier molecular flexibility index (Phi) is 6.40. The summed E-state index contributed by atoms with van der Waals surface area (Å²) in [7, 11) is 0. The van der Waals surface area contributed by atoms with Gasteiger partial charge in [0.2, 0.25) is 5.70 Å². The Labute approximate surface area is 224 Å². The number of carbonyl (C=O) groups is 1. The molecule has 9 nitrogen and oxygen atoms in total. The van der Waals surface area contributed by atoms with E-state index in [1.807, 2.05) is 18.2 Å². The van der Waals surface area contributed by atoms with E-state index < -0.39 is 5.82 Å². The number of likely N-dealkylation sites (tertiary alicyclic amines) is 1. The number of aromatic nitrogens is 4. The standard InChI is InChI=1S/C29H26FN7O2/c1-32-24(14-18-9-10-18)29(38)36-13-5-6-19(36)16-37-28-25(27(31)33-17-34-28)26(35-37)22-12-11-21(15-23(22)30)39-20-7-3-2-4-8-20/h2-4,7-8,11-12,14-15,17-19H,5-6,9-10,13,16H2,(H2,31,33,34)/b24-14+/t19-/m1/s1. The highest BCUT2D eigenvalue weighted by atomic mass is 19.1. The molecule has 2 aromatic carbocycles. The highest BCUT2D eigenvalue weighted by Gasteiger charge is 2.33. The zero-order valence-electron chi connectivity index (χ0n) is 21.1. The molecule has 2 aliphatic rings. The lowest BCUT2D eigenvalue weighted by atomic mass is 10.1. The molecule has 3 heterocycles. The van der Waals surface area contributed by atoms with Crippen LogP contribution in [0.15, 0.2) is 66.6 Å². The van der Waals surface area contributed by atoms with Crippen LogP contribution >= 0.6 is 0 Å². The first-order chi connectivity index (χ1) is 19.0. The smallest absolute Gasteiger partial charge is 0.252 e. The lowest BCUT2D eigenvalue weighted by Crippen LogP contribution is -2.38. The minimum atomic E-state index is -0.525. The van der Waals surface area contributed by atoms with E-state index in [4.69, 9.17) is 22.1 Å². The number of amides is 1. The average Bonchev–Trinajstić information content (AvgIpc) is 3.52. The summed E-state index contributed by atoms with van der Waals surface area (Å²) in [6.45, 7) is 8.42. The fraction of sp³-hybridized carbons (Fsp3) is 0.276. The second kappa shape index (κ2) is 10.2. The van der Waals surface area contributed by atoms with Gasteiger partial charge in [0.25, 0.3) is 5.91 Å². The molecule has 2 aromatic heterocycles. The number of carbonyl (C=O) groups excluding carboxylic acids is 1. The van der Waals surface area contributed by atoms with Gasteiger partial charge in [0.05, 0.1) is 24.5 Å². The fourth-order valence-electron chi connectivity index (χ4n) is 5.00. The van der Waals surface area contributed by atoms with E-state index >= 15 is 4.39 Å². The summed E-state index contributed by atoms with van der Waals surface area (Å²) >= 11 is 0. The van der Waals surface area contributed by atoms with E-state index in [2.05, 4.69) is 14.8 Å². The summed E-state index contributed by atoms with van der Waals surface area (Å²) in [5, 5.41) is 5.16. The number of nitrogen functional groups attached to an aromatic ring is 1. The zero-order valence-corrected chi connectivity index (χ0v) is 21.1. The maximum atomic E-state index is 15.4.